The summed E-state index contributed by atoms with van der Waals surface area (Å²) in [5.74, 6) is -0.519. The van der Waals surface area contributed by atoms with Crippen LogP contribution in [0.3, 0.4) is 0 Å². The number of hydrogen-bond acceptors (Lipinski definition) is 4. The van der Waals surface area contributed by atoms with Gasteiger partial charge < -0.3 is 9.26 Å². The molecule has 0 aliphatic rings. The summed E-state index contributed by atoms with van der Waals surface area (Å²) >= 11 is 0. The van der Waals surface area contributed by atoms with E-state index in [-0.39, 0.29) is 17.6 Å². The van der Waals surface area contributed by atoms with Crippen LogP contribution in [0.25, 0.3) is 11.0 Å². The third kappa shape index (κ3) is 1.52. The van der Waals surface area contributed by atoms with E-state index < -0.39 is 11.5 Å². The van der Waals surface area contributed by atoms with Crippen molar-refractivity contribution < 1.29 is 14.1 Å². The van der Waals surface area contributed by atoms with Gasteiger partial charge in [-0.05, 0) is 19.1 Å². The lowest BCUT2D eigenvalue weighted by molar-refractivity contribution is 0.0528. The van der Waals surface area contributed by atoms with Crippen LogP contribution < -0.4 is 5.56 Å². The second-order valence-electron chi connectivity index (χ2n) is 2.93. The van der Waals surface area contributed by atoms with Crippen LogP contribution in [0.2, 0.25) is 0 Å². The van der Waals surface area contributed by atoms with Gasteiger partial charge in [-0.1, -0.05) is 6.07 Å². The fraction of sp³-hybridized carbons (Fsp3) is 0.200. The number of hydrogen-bond donors (Lipinski definition) is 1. The van der Waals surface area contributed by atoms with Gasteiger partial charge in [-0.15, -0.1) is 0 Å². The highest BCUT2D eigenvalue weighted by atomic mass is 16.5. The standard InChI is InChI=1S/C10H9NO4/c1-2-14-10(13)6-4-3-5-7-8(6)9(12)11-15-7/h3-5H,2H2,1H3,(H,11,12). The monoisotopic (exact) mass is 207 g/mol. The van der Waals surface area contributed by atoms with Gasteiger partial charge in [0.25, 0.3) is 5.56 Å². The Balaban J connectivity index is 2.64. The maximum Gasteiger partial charge on any atom is 0.339 e. The maximum absolute atomic E-state index is 11.5. The van der Waals surface area contributed by atoms with Gasteiger partial charge in [0.15, 0.2) is 5.58 Å². The fourth-order valence-electron chi connectivity index (χ4n) is 1.38. The van der Waals surface area contributed by atoms with Crippen molar-refractivity contribution in [2.75, 3.05) is 6.61 Å². The van der Waals surface area contributed by atoms with Gasteiger partial charge in [-0.25, -0.2) is 4.79 Å². The SMILES string of the molecule is CCOC(=O)c1cccc2o[nH]c(=O)c12. The van der Waals surface area contributed by atoms with Gasteiger partial charge in [0.1, 0.15) is 5.39 Å². The molecule has 0 fully saturated rings. The third-order valence-corrected chi connectivity index (χ3v) is 2.00. The van der Waals surface area contributed by atoms with E-state index in [1.54, 1.807) is 19.1 Å². The van der Waals surface area contributed by atoms with E-state index in [0.717, 1.165) is 0 Å². The molecule has 0 saturated heterocycles. The predicted octanol–water partition coefficient (Wildman–Crippen LogP) is 1.30. The van der Waals surface area contributed by atoms with Crippen molar-refractivity contribution in [1.29, 1.82) is 0 Å². The van der Waals surface area contributed by atoms with Crippen molar-refractivity contribution in [3.05, 3.63) is 34.1 Å². The van der Waals surface area contributed by atoms with E-state index in [1.807, 2.05) is 0 Å². The highest BCUT2D eigenvalue weighted by Gasteiger charge is 2.15. The van der Waals surface area contributed by atoms with Crippen LogP contribution in [0, 0.1) is 0 Å². The summed E-state index contributed by atoms with van der Waals surface area (Å²) in [6.45, 7) is 1.97. The summed E-state index contributed by atoms with van der Waals surface area (Å²) in [6, 6.07) is 4.77. The van der Waals surface area contributed by atoms with E-state index >= 15 is 0 Å². The zero-order chi connectivity index (χ0) is 10.8. The number of H-pyrrole nitrogens is 1. The molecule has 2 aromatic rings. The molecule has 0 unspecified atom stereocenters. The van der Waals surface area contributed by atoms with Crippen LogP contribution in [0.5, 0.6) is 0 Å². The molecule has 0 spiro atoms. The summed E-state index contributed by atoms with van der Waals surface area (Å²) in [5, 5.41) is 2.41. The van der Waals surface area contributed by atoms with Crippen molar-refractivity contribution >= 4 is 16.9 Å². The number of carbonyl (C=O) groups excluding carboxylic acids is 1. The zero-order valence-corrected chi connectivity index (χ0v) is 8.07. The lowest BCUT2D eigenvalue weighted by atomic mass is 10.1. The van der Waals surface area contributed by atoms with Crippen LogP contribution >= 0.6 is 0 Å². The summed E-state index contributed by atoms with van der Waals surface area (Å²) < 4.78 is 9.70. The first-order chi connectivity index (χ1) is 7.24. The zero-order valence-electron chi connectivity index (χ0n) is 8.07. The van der Waals surface area contributed by atoms with E-state index in [2.05, 4.69) is 5.16 Å². The molecule has 0 amide bonds. The van der Waals surface area contributed by atoms with Crippen LogP contribution in [0.1, 0.15) is 17.3 Å². The Hall–Kier alpha value is -2.04. The van der Waals surface area contributed by atoms with Gasteiger partial charge >= 0.3 is 5.97 Å². The number of fused-ring (bicyclic) bond motifs is 1. The van der Waals surface area contributed by atoms with Crippen molar-refractivity contribution in [3.8, 4) is 0 Å². The van der Waals surface area contributed by atoms with Gasteiger partial charge in [-0.3, -0.25) is 4.79 Å². The van der Waals surface area contributed by atoms with Gasteiger partial charge in [0.05, 0.1) is 12.2 Å². The van der Waals surface area contributed by atoms with E-state index in [9.17, 15) is 9.59 Å². The van der Waals surface area contributed by atoms with Crippen molar-refractivity contribution in [2.24, 2.45) is 0 Å². The number of esters is 1. The number of aromatic amines is 1. The van der Waals surface area contributed by atoms with Crippen LogP contribution in [0.15, 0.2) is 27.5 Å². The maximum atomic E-state index is 11.5. The molecule has 0 radical (unpaired) electrons. The van der Waals surface area contributed by atoms with Crippen LogP contribution in [0.4, 0.5) is 0 Å². The molecule has 1 aromatic carbocycles. The molecular weight excluding hydrogens is 198 g/mol. The first-order valence-electron chi connectivity index (χ1n) is 4.51. The lowest BCUT2D eigenvalue weighted by Gasteiger charge is -2.00. The molecule has 2 rings (SSSR count). The molecule has 5 nitrogen and oxygen atoms in total. The summed E-state index contributed by atoms with van der Waals surface area (Å²) in [7, 11) is 0. The number of aromatic nitrogens is 1. The average molecular weight is 207 g/mol. The molecular formula is C10H9NO4. The van der Waals surface area contributed by atoms with E-state index in [0.29, 0.717) is 5.58 Å². The number of nitrogens with one attached hydrogen (secondary N) is 1. The van der Waals surface area contributed by atoms with E-state index in [4.69, 9.17) is 9.26 Å². The lowest BCUT2D eigenvalue weighted by Crippen LogP contribution is -2.09. The summed E-state index contributed by atoms with van der Waals surface area (Å²) in [6.07, 6.45) is 0. The molecule has 0 atom stereocenters. The largest absolute Gasteiger partial charge is 0.462 e. The van der Waals surface area contributed by atoms with Gasteiger partial charge in [0.2, 0.25) is 0 Å². The first-order valence-corrected chi connectivity index (χ1v) is 4.51. The Bertz CT molecular complexity index is 552. The Morgan fingerprint density at radius 2 is 2.33 bits per heavy atom. The average Bonchev–Trinajstić information content (AvgIpc) is 2.61. The summed E-state index contributed by atoms with van der Waals surface area (Å²) in [4.78, 5) is 22.8. The second kappa shape index (κ2) is 3.61. The molecule has 5 heteroatoms. The molecule has 78 valence electrons. The quantitative estimate of drug-likeness (QED) is 0.753. The summed E-state index contributed by atoms with van der Waals surface area (Å²) in [5.41, 5.74) is 0.156. The number of benzene rings is 1. The van der Waals surface area contributed by atoms with Gasteiger partial charge in [0, 0.05) is 0 Å². The minimum absolute atomic E-state index is 0.226. The Morgan fingerprint density at radius 3 is 3.07 bits per heavy atom. The smallest absolute Gasteiger partial charge is 0.339 e. The highest BCUT2D eigenvalue weighted by molar-refractivity contribution is 6.02. The normalized spacial score (nSPS) is 10.5. The molecule has 15 heavy (non-hydrogen) atoms. The predicted molar refractivity (Wildman–Crippen MR) is 52.8 cm³/mol. The highest BCUT2D eigenvalue weighted by Crippen LogP contribution is 2.15. The van der Waals surface area contributed by atoms with Gasteiger partial charge in [-0.2, -0.15) is 5.16 Å². The third-order valence-electron chi connectivity index (χ3n) is 2.00. The Labute approximate surface area is 84.6 Å². The molecule has 0 bridgehead atoms. The second-order valence-corrected chi connectivity index (χ2v) is 2.93. The first kappa shape index (κ1) is 9.51. The molecule has 0 aliphatic heterocycles. The number of rotatable bonds is 2. The molecule has 0 saturated carbocycles. The van der Waals surface area contributed by atoms with Crippen molar-refractivity contribution in [1.82, 2.24) is 5.16 Å². The molecule has 1 aromatic heterocycles. The molecule has 0 aliphatic carbocycles. The topological polar surface area (TPSA) is 72.3 Å². The molecule has 1 heterocycles. The number of carbonyl (C=O) groups is 1. The van der Waals surface area contributed by atoms with Crippen molar-refractivity contribution in [2.45, 2.75) is 6.92 Å². The fourth-order valence-corrected chi connectivity index (χ4v) is 1.38. The Kier molecular flexibility index (Phi) is 2.29. The minimum Gasteiger partial charge on any atom is -0.462 e. The molecule has 1 N–H and O–H groups in total. The van der Waals surface area contributed by atoms with Crippen LogP contribution in [-0.4, -0.2) is 17.7 Å². The minimum atomic E-state index is -0.519. The van der Waals surface area contributed by atoms with E-state index in [1.165, 1.54) is 6.07 Å². The van der Waals surface area contributed by atoms with Crippen molar-refractivity contribution in [3.63, 3.8) is 0 Å². The van der Waals surface area contributed by atoms with Crippen LogP contribution in [-0.2, 0) is 4.74 Å². The Morgan fingerprint density at radius 1 is 1.53 bits per heavy atom. The number of ether oxygens (including phenoxy) is 1.